The zero-order chi connectivity index (χ0) is 23.6. The van der Waals surface area contributed by atoms with Gasteiger partial charge in [-0.2, -0.15) is 0 Å². The molecule has 176 valence electrons. The molecule has 33 heavy (non-hydrogen) atoms. The Bertz CT molecular complexity index is 1020. The predicted octanol–water partition coefficient (Wildman–Crippen LogP) is 5.18. The third kappa shape index (κ3) is 5.33. The van der Waals surface area contributed by atoms with E-state index in [1.165, 1.54) is 0 Å². The van der Waals surface area contributed by atoms with Crippen molar-refractivity contribution >= 4 is 23.5 Å². The van der Waals surface area contributed by atoms with Gasteiger partial charge < -0.3 is 19.9 Å². The molecule has 6 nitrogen and oxygen atoms in total. The van der Waals surface area contributed by atoms with Crippen molar-refractivity contribution in [2.24, 2.45) is 5.92 Å². The first kappa shape index (κ1) is 23.6. The van der Waals surface area contributed by atoms with E-state index in [9.17, 15) is 14.7 Å². The maximum absolute atomic E-state index is 12.4. The van der Waals surface area contributed by atoms with Crippen LogP contribution >= 0.6 is 11.6 Å². The number of carboxylic acid groups (broad SMARTS) is 1. The molecule has 4 rings (SSSR count). The first-order valence-corrected chi connectivity index (χ1v) is 11.9. The molecule has 2 aliphatic heterocycles. The van der Waals surface area contributed by atoms with Crippen molar-refractivity contribution in [3.05, 3.63) is 64.2 Å². The fraction of sp³-hybridized carbons (Fsp3) is 0.462. The highest BCUT2D eigenvalue weighted by Crippen LogP contribution is 2.52. The molecule has 0 saturated carbocycles. The van der Waals surface area contributed by atoms with Gasteiger partial charge in [-0.3, -0.25) is 9.59 Å². The van der Waals surface area contributed by atoms with Crippen LogP contribution in [0, 0.1) is 5.92 Å². The van der Waals surface area contributed by atoms with E-state index in [4.69, 9.17) is 21.1 Å². The summed E-state index contributed by atoms with van der Waals surface area (Å²) in [6.45, 7) is 4.74. The van der Waals surface area contributed by atoms with Gasteiger partial charge in [0.15, 0.2) is 0 Å². The Hall–Kier alpha value is -2.57. The Morgan fingerprint density at radius 2 is 1.94 bits per heavy atom. The minimum atomic E-state index is -0.855. The third-order valence-electron chi connectivity index (χ3n) is 6.73. The van der Waals surface area contributed by atoms with Crippen LogP contribution in [0.4, 0.5) is 0 Å². The number of amides is 1. The summed E-state index contributed by atoms with van der Waals surface area (Å²) in [4.78, 5) is 23.6. The number of carbonyl (C=O) groups excluding carboxylic acids is 1. The minimum absolute atomic E-state index is 0.0230. The number of benzene rings is 2. The number of hydrogen-bond acceptors (Lipinski definition) is 4. The molecule has 0 spiro atoms. The Balaban J connectivity index is 1.45. The number of rotatable bonds is 7. The average molecular weight is 472 g/mol. The maximum atomic E-state index is 12.4. The van der Waals surface area contributed by atoms with Crippen LogP contribution in [0.3, 0.4) is 0 Å². The first-order chi connectivity index (χ1) is 15.7. The number of halogens is 1. The highest BCUT2D eigenvalue weighted by Gasteiger charge is 2.49. The van der Waals surface area contributed by atoms with Crippen molar-refractivity contribution in [2.45, 2.75) is 63.8 Å². The fourth-order valence-corrected chi connectivity index (χ4v) is 5.13. The third-order valence-corrected chi connectivity index (χ3v) is 6.99. The Morgan fingerprint density at radius 3 is 2.67 bits per heavy atom. The molecular weight excluding hydrogens is 442 g/mol. The lowest BCUT2D eigenvalue weighted by Crippen LogP contribution is -2.50. The van der Waals surface area contributed by atoms with E-state index in [2.05, 4.69) is 19.2 Å². The first-order valence-electron chi connectivity index (χ1n) is 11.5. The van der Waals surface area contributed by atoms with Gasteiger partial charge in [0.1, 0.15) is 11.4 Å². The van der Waals surface area contributed by atoms with Gasteiger partial charge in [-0.1, -0.05) is 17.7 Å². The van der Waals surface area contributed by atoms with E-state index in [0.29, 0.717) is 17.1 Å². The smallest absolute Gasteiger partial charge is 0.307 e. The van der Waals surface area contributed by atoms with Crippen LogP contribution < -0.4 is 10.1 Å². The summed E-state index contributed by atoms with van der Waals surface area (Å²) < 4.78 is 12.9. The highest BCUT2D eigenvalue weighted by atomic mass is 35.5. The number of ether oxygens (including phenoxy) is 2. The van der Waals surface area contributed by atoms with Crippen molar-refractivity contribution in [1.82, 2.24) is 5.32 Å². The maximum Gasteiger partial charge on any atom is 0.307 e. The van der Waals surface area contributed by atoms with Crippen LogP contribution in [0.2, 0.25) is 5.02 Å². The molecule has 0 unspecified atom stereocenters. The molecule has 0 bridgehead atoms. The van der Waals surface area contributed by atoms with Crippen LogP contribution in [0.15, 0.2) is 42.5 Å². The summed E-state index contributed by atoms with van der Waals surface area (Å²) in [5.74, 6) is -0.0579. The molecule has 0 aromatic heterocycles. The SMILES string of the molecule is C[C@@H]1CC[C@@H]2[C@@H](O1)c1cc(CC(=O)O)ccc1O[C@]2(C)CCCNC(=O)c1ccc(Cl)cc1. The average Bonchev–Trinajstić information content (AvgIpc) is 2.77. The van der Waals surface area contributed by atoms with E-state index in [-0.39, 0.29) is 30.5 Å². The number of aliphatic carboxylic acids is 1. The van der Waals surface area contributed by atoms with Crippen molar-refractivity contribution in [2.75, 3.05) is 6.54 Å². The lowest BCUT2D eigenvalue weighted by atomic mass is 9.72. The highest BCUT2D eigenvalue weighted by molar-refractivity contribution is 6.30. The number of hydrogen-bond donors (Lipinski definition) is 2. The number of fused-ring (bicyclic) bond motifs is 3. The second-order valence-electron chi connectivity index (χ2n) is 9.27. The molecule has 1 saturated heterocycles. The molecule has 2 aromatic carbocycles. The summed E-state index contributed by atoms with van der Waals surface area (Å²) in [5.41, 5.74) is 1.84. The summed E-state index contributed by atoms with van der Waals surface area (Å²) in [7, 11) is 0. The van der Waals surface area contributed by atoms with Gasteiger partial charge in [-0.05, 0) is 81.5 Å². The van der Waals surface area contributed by atoms with Crippen LogP contribution in [0.5, 0.6) is 5.75 Å². The van der Waals surface area contributed by atoms with Gasteiger partial charge in [0.25, 0.3) is 5.91 Å². The van der Waals surface area contributed by atoms with Gasteiger partial charge in [0.2, 0.25) is 0 Å². The van der Waals surface area contributed by atoms with Crippen molar-refractivity contribution < 1.29 is 24.2 Å². The largest absolute Gasteiger partial charge is 0.487 e. The summed E-state index contributed by atoms with van der Waals surface area (Å²) in [6, 6.07) is 12.4. The molecule has 2 N–H and O–H groups in total. The number of nitrogens with one attached hydrogen (secondary N) is 1. The quantitative estimate of drug-likeness (QED) is 0.543. The van der Waals surface area contributed by atoms with Gasteiger partial charge in [0.05, 0.1) is 18.6 Å². The summed E-state index contributed by atoms with van der Waals surface area (Å²) >= 11 is 5.89. The van der Waals surface area contributed by atoms with Gasteiger partial charge >= 0.3 is 5.97 Å². The van der Waals surface area contributed by atoms with Crippen molar-refractivity contribution in [1.29, 1.82) is 0 Å². The Morgan fingerprint density at radius 1 is 1.18 bits per heavy atom. The lowest BCUT2D eigenvalue weighted by Gasteiger charge is -2.50. The molecule has 7 heteroatoms. The van der Waals surface area contributed by atoms with Crippen LogP contribution in [-0.2, 0) is 16.0 Å². The summed E-state index contributed by atoms with van der Waals surface area (Å²) in [5, 5.41) is 12.7. The lowest BCUT2D eigenvalue weighted by molar-refractivity contribution is -0.152. The molecule has 2 heterocycles. The van der Waals surface area contributed by atoms with Crippen molar-refractivity contribution in [3.63, 3.8) is 0 Å². The standard InChI is InChI=1S/C26H30ClNO5/c1-16-4-10-21-24(32-16)20-14-17(15-23(29)30)5-11-22(20)33-26(21,2)12-3-13-28-25(31)18-6-8-19(27)9-7-18/h5-9,11,14,16,21,24H,3-4,10,12-13,15H2,1-2H3,(H,28,31)(H,29,30)/t16-,21-,24+,26-/m1/s1. The molecule has 0 aliphatic carbocycles. The molecule has 0 radical (unpaired) electrons. The Kier molecular flexibility index (Phi) is 6.96. The summed E-state index contributed by atoms with van der Waals surface area (Å²) in [6.07, 6.45) is 3.46. The second-order valence-corrected chi connectivity index (χ2v) is 9.71. The zero-order valence-corrected chi connectivity index (χ0v) is 19.7. The van der Waals surface area contributed by atoms with Crippen LogP contribution in [0.1, 0.15) is 67.1 Å². The molecule has 2 aliphatic rings. The van der Waals surface area contributed by atoms with Crippen molar-refractivity contribution in [3.8, 4) is 5.75 Å². The fourth-order valence-electron chi connectivity index (χ4n) is 5.00. The van der Waals surface area contributed by atoms with Crippen LogP contribution in [-0.4, -0.2) is 35.2 Å². The molecule has 1 amide bonds. The van der Waals surface area contributed by atoms with E-state index < -0.39 is 11.6 Å². The monoisotopic (exact) mass is 471 g/mol. The predicted molar refractivity (Wildman–Crippen MR) is 126 cm³/mol. The molecule has 1 fully saturated rings. The minimum Gasteiger partial charge on any atom is -0.487 e. The zero-order valence-electron chi connectivity index (χ0n) is 19.0. The second kappa shape index (κ2) is 9.74. The number of carbonyl (C=O) groups is 2. The van der Waals surface area contributed by atoms with Crippen LogP contribution in [0.25, 0.3) is 0 Å². The van der Waals surface area contributed by atoms with Gasteiger partial charge in [-0.25, -0.2) is 0 Å². The van der Waals surface area contributed by atoms with Gasteiger partial charge in [0, 0.05) is 28.6 Å². The molecular formula is C26H30ClNO5. The van der Waals surface area contributed by atoms with E-state index in [0.717, 1.165) is 42.6 Å². The van der Waals surface area contributed by atoms with E-state index in [1.807, 2.05) is 18.2 Å². The normalized spacial score (nSPS) is 26.0. The van der Waals surface area contributed by atoms with Gasteiger partial charge in [-0.15, -0.1) is 0 Å². The Labute approximate surface area is 199 Å². The number of carboxylic acids is 1. The van der Waals surface area contributed by atoms with E-state index >= 15 is 0 Å². The topological polar surface area (TPSA) is 84.9 Å². The molecule has 4 atom stereocenters. The molecule has 2 aromatic rings. The van der Waals surface area contributed by atoms with E-state index in [1.54, 1.807) is 24.3 Å².